The summed E-state index contributed by atoms with van der Waals surface area (Å²) in [4.78, 5) is 40.0. The van der Waals surface area contributed by atoms with Gasteiger partial charge in [-0.3, -0.25) is 19.7 Å². The van der Waals surface area contributed by atoms with Gasteiger partial charge in [-0.1, -0.05) is 49.4 Å². The fraction of sp³-hybridized carbons (Fsp3) is 0.333. The molecule has 36 heavy (non-hydrogen) atoms. The van der Waals surface area contributed by atoms with E-state index < -0.39 is 22.3 Å². The lowest BCUT2D eigenvalue weighted by Crippen LogP contribution is -2.46. The Morgan fingerprint density at radius 2 is 2.03 bits per heavy atom. The van der Waals surface area contributed by atoms with Crippen LogP contribution >= 0.6 is 0 Å². The minimum Gasteiger partial charge on any atom is -0.394 e. The summed E-state index contributed by atoms with van der Waals surface area (Å²) in [6.07, 6.45) is 5.29. The largest absolute Gasteiger partial charge is 0.394 e. The standard InChI is InChI=1S/C27H29N3O6/c1-3-13-28-24-12-11-21(30(35)36)15-23(24)27(34,26(28)33)18(2)7-6-10-25(32)29-16-20-9-5-4-8-19(20)14-22(29)17-31/h3-9,11-12,15,18,22,31,34H,1,10,13-14,16-17H2,2H3/b7-6+/t18-,22+,27+/m1/s1. The number of fused-ring (bicyclic) bond motifs is 2. The quantitative estimate of drug-likeness (QED) is 0.332. The highest BCUT2D eigenvalue weighted by atomic mass is 16.6. The smallest absolute Gasteiger partial charge is 0.269 e. The summed E-state index contributed by atoms with van der Waals surface area (Å²) in [5.74, 6) is -1.56. The molecule has 0 saturated carbocycles. The normalized spacial score (nSPS) is 21.9. The van der Waals surface area contributed by atoms with Crippen molar-refractivity contribution < 1.29 is 24.7 Å². The van der Waals surface area contributed by atoms with Crippen molar-refractivity contribution in [2.75, 3.05) is 18.1 Å². The van der Waals surface area contributed by atoms with E-state index in [0.717, 1.165) is 11.1 Å². The van der Waals surface area contributed by atoms with Crippen LogP contribution < -0.4 is 4.90 Å². The van der Waals surface area contributed by atoms with E-state index in [9.17, 15) is 29.9 Å². The monoisotopic (exact) mass is 491 g/mol. The van der Waals surface area contributed by atoms with Crippen LogP contribution in [0.5, 0.6) is 0 Å². The number of carbonyl (C=O) groups excluding carboxylic acids is 2. The number of anilines is 1. The van der Waals surface area contributed by atoms with Crippen molar-refractivity contribution in [1.82, 2.24) is 4.90 Å². The van der Waals surface area contributed by atoms with Crippen LogP contribution in [0.1, 0.15) is 30.0 Å². The zero-order chi connectivity index (χ0) is 26.0. The number of aliphatic hydroxyl groups is 2. The molecular weight excluding hydrogens is 462 g/mol. The summed E-state index contributed by atoms with van der Waals surface area (Å²) in [7, 11) is 0. The first-order chi connectivity index (χ1) is 17.2. The molecule has 4 rings (SSSR count). The molecule has 2 aliphatic heterocycles. The lowest BCUT2D eigenvalue weighted by Gasteiger charge is -2.36. The molecule has 9 nitrogen and oxygen atoms in total. The van der Waals surface area contributed by atoms with Crippen molar-refractivity contribution in [3.63, 3.8) is 0 Å². The molecule has 0 aromatic heterocycles. The molecule has 2 amide bonds. The number of rotatable bonds is 8. The van der Waals surface area contributed by atoms with Gasteiger partial charge in [0.25, 0.3) is 11.6 Å². The number of nitro benzene ring substituents is 1. The molecule has 0 radical (unpaired) electrons. The second-order valence-electron chi connectivity index (χ2n) is 9.18. The van der Waals surface area contributed by atoms with Gasteiger partial charge < -0.3 is 20.0 Å². The highest BCUT2D eigenvalue weighted by Gasteiger charge is 2.52. The first-order valence-electron chi connectivity index (χ1n) is 11.8. The van der Waals surface area contributed by atoms with E-state index in [4.69, 9.17) is 0 Å². The molecule has 0 aliphatic carbocycles. The molecule has 9 heteroatoms. The van der Waals surface area contributed by atoms with E-state index >= 15 is 0 Å². The Kier molecular flexibility index (Phi) is 7.05. The lowest BCUT2D eigenvalue weighted by atomic mass is 9.82. The molecule has 188 valence electrons. The van der Waals surface area contributed by atoms with E-state index in [1.165, 1.54) is 29.2 Å². The Hall–Kier alpha value is -3.82. The average molecular weight is 492 g/mol. The highest BCUT2D eigenvalue weighted by molar-refractivity contribution is 6.07. The van der Waals surface area contributed by atoms with Crippen LogP contribution in [0.25, 0.3) is 0 Å². The van der Waals surface area contributed by atoms with Crippen molar-refractivity contribution in [2.24, 2.45) is 5.92 Å². The molecule has 2 heterocycles. The minimum absolute atomic E-state index is 0.0193. The van der Waals surface area contributed by atoms with Crippen molar-refractivity contribution in [2.45, 2.75) is 38.0 Å². The van der Waals surface area contributed by atoms with Gasteiger partial charge in [0, 0.05) is 43.1 Å². The molecule has 0 spiro atoms. The number of benzene rings is 2. The van der Waals surface area contributed by atoms with Crippen molar-refractivity contribution >= 4 is 23.2 Å². The second kappa shape index (κ2) is 10.0. The Morgan fingerprint density at radius 1 is 1.31 bits per heavy atom. The van der Waals surface area contributed by atoms with Gasteiger partial charge in [0.2, 0.25) is 5.91 Å². The summed E-state index contributed by atoms with van der Waals surface area (Å²) in [5, 5.41) is 32.7. The predicted molar refractivity (Wildman–Crippen MR) is 134 cm³/mol. The maximum atomic E-state index is 13.3. The molecule has 2 aromatic rings. The first-order valence-corrected chi connectivity index (χ1v) is 11.8. The fourth-order valence-electron chi connectivity index (χ4n) is 5.03. The van der Waals surface area contributed by atoms with Gasteiger partial charge in [0.05, 0.1) is 23.3 Å². The highest BCUT2D eigenvalue weighted by Crippen LogP contribution is 2.46. The van der Waals surface area contributed by atoms with Gasteiger partial charge in [-0.15, -0.1) is 6.58 Å². The van der Waals surface area contributed by atoms with Crippen LogP contribution in [0.4, 0.5) is 11.4 Å². The zero-order valence-electron chi connectivity index (χ0n) is 20.0. The summed E-state index contributed by atoms with van der Waals surface area (Å²) >= 11 is 0. The van der Waals surface area contributed by atoms with Crippen LogP contribution in [0.2, 0.25) is 0 Å². The van der Waals surface area contributed by atoms with Crippen LogP contribution in [0.3, 0.4) is 0 Å². The first kappa shape index (κ1) is 25.3. The van der Waals surface area contributed by atoms with E-state index in [1.54, 1.807) is 24.0 Å². The SMILES string of the molecule is C=CCN1C(=O)[C@](O)([C@H](C)/C=C/CC(=O)N2Cc3ccccc3C[C@H]2CO)c2cc([N+](=O)[O-])ccc21. The molecular formula is C27H29N3O6. The molecule has 0 fully saturated rings. The molecule has 2 aliphatic rings. The van der Waals surface area contributed by atoms with E-state index in [2.05, 4.69) is 6.58 Å². The second-order valence-corrected chi connectivity index (χ2v) is 9.18. The van der Waals surface area contributed by atoms with Crippen molar-refractivity contribution in [3.05, 3.63) is 94.1 Å². The average Bonchev–Trinajstić information content (AvgIpc) is 3.10. The predicted octanol–water partition coefficient (Wildman–Crippen LogP) is 2.84. The third kappa shape index (κ3) is 4.31. The van der Waals surface area contributed by atoms with E-state index in [-0.39, 0.29) is 42.8 Å². The minimum atomic E-state index is -2.03. The number of hydrogen-bond acceptors (Lipinski definition) is 6. The van der Waals surface area contributed by atoms with Crippen molar-refractivity contribution in [1.29, 1.82) is 0 Å². The van der Waals surface area contributed by atoms with E-state index in [1.807, 2.05) is 24.3 Å². The molecule has 0 bridgehead atoms. The van der Waals surface area contributed by atoms with Gasteiger partial charge in [0.1, 0.15) is 0 Å². The third-order valence-corrected chi connectivity index (χ3v) is 7.04. The van der Waals surface area contributed by atoms with Gasteiger partial charge in [0.15, 0.2) is 5.60 Å². The topological polar surface area (TPSA) is 124 Å². The van der Waals surface area contributed by atoms with Gasteiger partial charge in [-0.05, 0) is 23.6 Å². The van der Waals surface area contributed by atoms with E-state index in [0.29, 0.717) is 18.7 Å². The number of aliphatic hydroxyl groups excluding tert-OH is 1. The maximum absolute atomic E-state index is 13.3. The Labute approximate surface area is 209 Å². The fourth-order valence-corrected chi connectivity index (χ4v) is 5.03. The van der Waals surface area contributed by atoms with Gasteiger partial charge in [-0.25, -0.2) is 0 Å². The van der Waals surface area contributed by atoms with Crippen LogP contribution in [0.15, 0.2) is 67.3 Å². The number of nitro groups is 1. The number of carbonyl (C=O) groups is 2. The summed E-state index contributed by atoms with van der Waals surface area (Å²) in [6, 6.07) is 11.5. The molecule has 3 atom stereocenters. The molecule has 0 unspecified atom stereocenters. The Bertz CT molecular complexity index is 1240. The van der Waals surface area contributed by atoms with Crippen LogP contribution in [0, 0.1) is 16.0 Å². The Morgan fingerprint density at radius 3 is 2.69 bits per heavy atom. The lowest BCUT2D eigenvalue weighted by molar-refractivity contribution is -0.385. The zero-order valence-corrected chi connectivity index (χ0v) is 20.0. The summed E-state index contributed by atoms with van der Waals surface area (Å²) < 4.78 is 0. The number of non-ortho nitro benzene ring substituents is 1. The van der Waals surface area contributed by atoms with Gasteiger partial charge in [-0.2, -0.15) is 0 Å². The number of hydrogen-bond donors (Lipinski definition) is 2. The summed E-state index contributed by atoms with van der Waals surface area (Å²) in [6.45, 7) is 5.68. The number of nitrogens with zero attached hydrogens (tertiary/aromatic N) is 3. The third-order valence-electron chi connectivity index (χ3n) is 7.04. The van der Waals surface area contributed by atoms with Gasteiger partial charge >= 0.3 is 0 Å². The Balaban J connectivity index is 1.54. The van der Waals surface area contributed by atoms with Crippen molar-refractivity contribution in [3.8, 4) is 0 Å². The molecule has 2 aromatic carbocycles. The molecule has 2 N–H and O–H groups in total. The van der Waals surface area contributed by atoms with Crippen LogP contribution in [-0.4, -0.2) is 51.0 Å². The summed E-state index contributed by atoms with van der Waals surface area (Å²) in [5.41, 5.74) is 0.443. The molecule has 0 saturated heterocycles. The maximum Gasteiger partial charge on any atom is 0.269 e. The number of amides is 2. The van der Waals surface area contributed by atoms with Crippen LogP contribution in [-0.2, 0) is 28.2 Å².